The van der Waals surface area contributed by atoms with Crippen LogP contribution in [-0.2, 0) is 11.2 Å². The van der Waals surface area contributed by atoms with Crippen LogP contribution in [0.4, 0.5) is 10.1 Å². The third-order valence-electron chi connectivity index (χ3n) is 3.98. The van der Waals surface area contributed by atoms with Crippen molar-refractivity contribution in [3.63, 3.8) is 0 Å². The number of fused-ring (bicyclic) bond motifs is 1. The Bertz CT molecular complexity index is 743. The van der Waals surface area contributed by atoms with Crippen LogP contribution in [-0.4, -0.2) is 24.4 Å². The maximum atomic E-state index is 12.9. The standard InChI is InChI=1S/C18H17FN2O2/c1-12(20-17(22)14-6-8-15(19)9-7-14)18(23)21-11-10-13-4-2-3-5-16(13)21/h2-9,12H,10-11H2,1H3,(H,20,22)/t12-/m1/s1. The Balaban J connectivity index is 1.69. The number of amides is 2. The van der Waals surface area contributed by atoms with Crippen LogP contribution in [0.25, 0.3) is 0 Å². The van der Waals surface area contributed by atoms with E-state index in [9.17, 15) is 14.0 Å². The minimum absolute atomic E-state index is 0.148. The predicted octanol–water partition coefficient (Wildman–Crippen LogP) is 2.53. The summed E-state index contributed by atoms with van der Waals surface area (Å²) in [5.74, 6) is -0.942. The summed E-state index contributed by atoms with van der Waals surface area (Å²) in [5, 5.41) is 2.67. The normalized spacial score (nSPS) is 14.3. The lowest BCUT2D eigenvalue weighted by molar-refractivity contribution is -0.119. The summed E-state index contributed by atoms with van der Waals surface area (Å²) in [6, 6.07) is 12.3. The third kappa shape index (κ3) is 3.08. The van der Waals surface area contributed by atoms with Gasteiger partial charge in [-0.25, -0.2) is 4.39 Å². The zero-order valence-corrected chi connectivity index (χ0v) is 12.8. The van der Waals surface area contributed by atoms with E-state index in [1.807, 2.05) is 24.3 Å². The molecule has 1 aliphatic heterocycles. The molecular weight excluding hydrogens is 295 g/mol. The molecule has 0 spiro atoms. The SMILES string of the molecule is C[C@@H](NC(=O)c1ccc(F)cc1)C(=O)N1CCc2ccccc21. The van der Waals surface area contributed by atoms with E-state index in [1.54, 1.807) is 11.8 Å². The summed E-state index contributed by atoms with van der Waals surface area (Å²) >= 11 is 0. The van der Waals surface area contributed by atoms with Crippen molar-refractivity contribution in [2.24, 2.45) is 0 Å². The maximum Gasteiger partial charge on any atom is 0.251 e. The molecule has 0 unspecified atom stereocenters. The smallest absolute Gasteiger partial charge is 0.251 e. The monoisotopic (exact) mass is 312 g/mol. The molecule has 0 saturated carbocycles. The van der Waals surface area contributed by atoms with Gasteiger partial charge in [0.05, 0.1) is 0 Å². The highest BCUT2D eigenvalue weighted by Crippen LogP contribution is 2.27. The number of hydrogen-bond donors (Lipinski definition) is 1. The molecule has 1 N–H and O–H groups in total. The van der Waals surface area contributed by atoms with Gasteiger partial charge in [0, 0.05) is 17.8 Å². The number of halogens is 1. The summed E-state index contributed by atoms with van der Waals surface area (Å²) in [7, 11) is 0. The topological polar surface area (TPSA) is 49.4 Å². The van der Waals surface area contributed by atoms with Gasteiger partial charge in [0.15, 0.2) is 0 Å². The minimum atomic E-state index is -0.654. The van der Waals surface area contributed by atoms with E-state index in [0.29, 0.717) is 12.1 Å². The van der Waals surface area contributed by atoms with Crippen LogP contribution in [0.2, 0.25) is 0 Å². The van der Waals surface area contributed by atoms with Gasteiger partial charge in [-0.05, 0) is 49.2 Å². The van der Waals surface area contributed by atoms with Crippen molar-refractivity contribution in [2.75, 3.05) is 11.4 Å². The summed E-state index contributed by atoms with van der Waals surface area (Å²) in [6.45, 7) is 2.28. The molecule has 0 fully saturated rings. The molecule has 3 rings (SSSR count). The van der Waals surface area contributed by atoms with Crippen molar-refractivity contribution in [3.8, 4) is 0 Å². The van der Waals surface area contributed by atoms with Gasteiger partial charge >= 0.3 is 0 Å². The van der Waals surface area contributed by atoms with E-state index in [2.05, 4.69) is 5.32 Å². The van der Waals surface area contributed by atoms with Crippen LogP contribution < -0.4 is 10.2 Å². The Kier molecular flexibility index (Phi) is 4.10. The number of rotatable bonds is 3. The highest BCUT2D eigenvalue weighted by Gasteiger charge is 2.28. The molecule has 1 atom stereocenters. The molecule has 2 aromatic rings. The molecule has 0 aliphatic carbocycles. The highest BCUT2D eigenvalue weighted by molar-refractivity contribution is 6.03. The molecule has 0 bridgehead atoms. The summed E-state index contributed by atoms with van der Waals surface area (Å²) in [4.78, 5) is 26.4. The molecule has 4 nitrogen and oxygen atoms in total. The summed E-state index contributed by atoms with van der Waals surface area (Å²) in [5.41, 5.74) is 2.37. The van der Waals surface area contributed by atoms with E-state index >= 15 is 0 Å². The predicted molar refractivity (Wildman–Crippen MR) is 85.8 cm³/mol. The van der Waals surface area contributed by atoms with E-state index in [4.69, 9.17) is 0 Å². The summed E-state index contributed by atoms with van der Waals surface area (Å²) in [6.07, 6.45) is 0.820. The largest absolute Gasteiger partial charge is 0.341 e. The van der Waals surface area contributed by atoms with Crippen LogP contribution in [0.1, 0.15) is 22.8 Å². The lowest BCUT2D eigenvalue weighted by Crippen LogP contribution is -2.46. The van der Waals surface area contributed by atoms with Gasteiger partial charge in [0.2, 0.25) is 5.91 Å². The van der Waals surface area contributed by atoms with Gasteiger partial charge in [-0.2, -0.15) is 0 Å². The van der Waals surface area contributed by atoms with Gasteiger partial charge in [-0.1, -0.05) is 18.2 Å². The van der Waals surface area contributed by atoms with Gasteiger partial charge < -0.3 is 10.2 Å². The molecule has 2 amide bonds. The molecule has 2 aromatic carbocycles. The first-order chi connectivity index (χ1) is 11.1. The zero-order chi connectivity index (χ0) is 16.4. The Morgan fingerprint density at radius 2 is 1.83 bits per heavy atom. The number of anilines is 1. The van der Waals surface area contributed by atoms with Gasteiger partial charge in [-0.15, -0.1) is 0 Å². The third-order valence-corrected chi connectivity index (χ3v) is 3.98. The Hall–Kier alpha value is -2.69. The van der Waals surface area contributed by atoms with E-state index < -0.39 is 17.8 Å². The van der Waals surface area contributed by atoms with Crippen molar-refractivity contribution >= 4 is 17.5 Å². The van der Waals surface area contributed by atoms with Gasteiger partial charge in [0.1, 0.15) is 11.9 Å². The second-order valence-electron chi connectivity index (χ2n) is 5.57. The molecule has 5 heteroatoms. The van der Waals surface area contributed by atoms with Crippen molar-refractivity contribution < 1.29 is 14.0 Å². The number of nitrogens with zero attached hydrogens (tertiary/aromatic N) is 1. The molecule has 1 heterocycles. The van der Waals surface area contributed by atoms with Crippen molar-refractivity contribution in [3.05, 3.63) is 65.5 Å². The fraction of sp³-hybridized carbons (Fsp3) is 0.222. The van der Waals surface area contributed by atoms with Crippen LogP contribution in [0.15, 0.2) is 48.5 Å². The van der Waals surface area contributed by atoms with Crippen molar-refractivity contribution in [1.29, 1.82) is 0 Å². The van der Waals surface area contributed by atoms with Crippen LogP contribution in [0, 0.1) is 5.82 Å². The van der Waals surface area contributed by atoms with E-state index in [0.717, 1.165) is 17.7 Å². The van der Waals surface area contributed by atoms with Crippen LogP contribution in [0.5, 0.6) is 0 Å². The maximum absolute atomic E-state index is 12.9. The van der Waals surface area contributed by atoms with Crippen molar-refractivity contribution in [1.82, 2.24) is 5.32 Å². The molecular formula is C18H17FN2O2. The Labute approximate surface area is 133 Å². The Morgan fingerprint density at radius 1 is 1.13 bits per heavy atom. The highest BCUT2D eigenvalue weighted by atomic mass is 19.1. The second kappa shape index (κ2) is 6.20. The zero-order valence-electron chi connectivity index (χ0n) is 12.8. The Morgan fingerprint density at radius 3 is 2.57 bits per heavy atom. The molecule has 0 radical (unpaired) electrons. The first-order valence-electron chi connectivity index (χ1n) is 7.52. The number of carbonyl (C=O) groups excluding carboxylic acids is 2. The quantitative estimate of drug-likeness (QED) is 0.947. The number of hydrogen-bond acceptors (Lipinski definition) is 2. The lowest BCUT2D eigenvalue weighted by Gasteiger charge is -2.22. The lowest BCUT2D eigenvalue weighted by atomic mass is 10.1. The van der Waals surface area contributed by atoms with Crippen LogP contribution in [0.3, 0.4) is 0 Å². The van der Waals surface area contributed by atoms with E-state index in [1.165, 1.54) is 24.3 Å². The first kappa shape index (κ1) is 15.2. The van der Waals surface area contributed by atoms with Gasteiger partial charge in [-0.3, -0.25) is 9.59 Å². The molecule has 0 aromatic heterocycles. The second-order valence-corrected chi connectivity index (χ2v) is 5.57. The molecule has 23 heavy (non-hydrogen) atoms. The fourth-order valence-corrected chi connectivity index (χ4v) is 2.74. The number of carbonyl (C=O) groups is 2. The molecule has 0 saturated heterocycles. The van der Waals surface area contributed by atoms with Gasteiger partial charge in [0.25, 0.3) is 5.91 Å². The first-order valence-corrected chi connectivity index (χ1v) is 7.52. The number of nitrogens with one attached hydrogen (secondary N) is 1. The number of para-hydroxylation sites is 1. The van der Waals surface area contributed by atoms with Crippen molar-refractivity contribution in [2.45, 2.75) is 19.4 Å². The fourth-order valence-electron chi connectivity index (χ4n) is 2.74. The number of benzene rings is 2. The van der Waals surface area contributed by atoms with Crippen LogP contribution >= 0.6 is 0 Å². The average molecular weight is 312 g/mol. The summed E-state index contributed by atoms with van der Waals surface area (Å²) < 4.78 is 12.9. The molecule has 118 valence electrons. The average Bonchev–Trinajstić information content (AvgIpc) is 2.98. The minimum Gasteiger partial charge on any atom is -0.341 e. The molecule has 1 aliphatic rings. The van der Waals surface area contributed by atoms with E-state index in [-0.39, 0.29) is 5.91 Å².